The lowest BCUT2D eigenvalue weighted by Gasteiger charge is -2.24. The Morgan fingerprint density at radius 3 is 2.75 bits per heavy atom. The zero-order chi connectivity index (χ0) is 22.2. The summed E-state index contributed by atoms with van der Waals surface area (Å²) in [5.41, 5.74) is 5.15. The summed E-state index contributed by atoms with van der Waals surface area (Å²) in [5, 5.41) is 11.2. The Kier molecular flexibility index (Phi) is 6.14. The van der Waals surface area contributed by atoms with Crippen LogP contribution in [0.15, 0.2) is 35.1 Å². The maximum absolute atomic E-state index is 12.5. The van der Waals surface area contributed by atoms with Gasteiger partial charge in [-0.3, -0.25) is 4.79 Å². The van der Waals surface area contributed by atoms with Gasteiger partial charge in [0.25, 0.3) is 5.91 Å². The van der Waals surface area contributed by atoms with Crippen molar-refractivity contribution in [3.63, 3.8) is 0 Å². The fraction of sp³-hybridized carbons (Fsp3) is 0.435. The highest BCUT2D eigenvalue weighted by molar-refractivity contribution is 9.10. The molecule has 2 aliphatic rings. The fourth-order valence-electron chi connectivity index (χ4n) is 4.14. The maximum Gasteiger partial charge on any atom is 0.251 e. The number of nitrogens with one attached hydrogen (secondary N) is 2. The maximum atomic E-state index is 12.5. The first-order valence-corrected chi connectivity index (χ1v) is 13.3. The van der Waals surface area contributed by atoms with Gasteiger partial charge in [-0.1, -0.05) is 17.2 Å². The van der Waals surface area contributed by atoms with Crippen molar-refractivity contribution in [2.45, 2.75) is 38.6 Å². The van der Waals surface area contributed by atoms with Gasteiger partial charge in [-0.05, 0) is 78.2 Å². The third-order valence-electron chi connectivity index (χ3n) is 6.21. The van der Waals surface area contributed by atoms with Gasteiger partial charge in [0.2, 0.25) is 0 Å². The minimum Gasteiger partial charge on any atom is -0.616 e. The molecule has 1 amide bonds. The van der Waals surface area contributed by atoms with Crippen molar-refractivity contribution in [1.29, 1.82) is 0 Å². The molecule has 1 aliphatic heterocycles. The molecular weight excluding hydrogens is 490 g/mol. The molecule has 5 rings (SSSR count). The van der Waals surface area contributed by atoms with Crippen molar-refractivity contribution >= 4 is 44.3 Å². The van der Waals surface area contributed by atoms with Crippen LogP contribution in [0.1, 0.15) is 41.6 Å². The molecule has 7 nitrogen and oxygen atoms in total. The highest BCUT2D eigenvalue weighted by Gasteiger charge is 2.25. The topological polar surface area (TPSA) is 94.4 Å². The Bertz CT molecular complexity index is 1150. The van der Waals surface area contributed by atoms with E-state index in [1.807, 2.05) is 41.9 Å². The number of imidazole rings is 1. The second-order valence-corrected chi connectivity index (χ2v) is 11.2. The lowest BCUT2D eigenvalue weighted by molar-refractivity contribution is 0.0950. The normalized spacial score (nSPS) is 21.0. The monoisotopic (exact) mass is 515 g/mol. The quantitative estimate of drug-likeness (QED) is 0.485. The van der Waals surface area contributed by atoms with E-state index in [2.05, 4.69) is 36.6 Å². The third-order valence-corrected chi connectivity index (χ3v) is 7.98. The summed E-state index contributed by atoms with van der Waals surface area (Å²) in [6.07, 6.45) is 5.94. The molecule has 1 aliphatic carbocycles. The minimum absolute atomic E-state index is 0.00593. The molecule has 2 N–H and O–H groups in total. The standard InChI is InChI=1S/C23H26BrN5O2S/c1-14-10-16(2-5-18(14)23(30)27-17-3-4-17)20-13-26-22-19(11-21(24)28-29(20)22)25-12-15-6-8-32(31)9-7-15/h2,5,10-11,13,15,17,25H,3-4,6-9,12H2,1H3,(H,27,30). The lowest BCUT2D eigenvalue weighted by Crippen LogP contribution is -2.27. The van der Waals surface area contributed by atoms with Crippen molar-refractivity contribution < 1.29 is 9.35 Å². The number of aromatic nitrogens is 3. The van der Waals surface area contributed by atoms with Crippen molar-refractivity contribution in [3.8, 4) is 11.3 Å². The van der Waals surface area contributed by atoms with E-state index in [0.717, 1.165) is 71.9 Å². The number of nitrogens with zero attached hydrogens (tertiary/aromatic N) is 3. The molecule has 0 spiro atoms. The van der Waals surface area contributed by atoms with Crippen LogP contribution < -0.4 is 10.6 Å². The molecule has 0 radical (unpaired) electrons. The van der Waals surface area contributed by atoms with E-state index < -0.39 is 11.2 Å². The number of halogens is 1. The van der Waals surface area contributed by atoms with E-state index >= 15 is 0 Å². The van der Waals surface area contributed by atoms with E-state index in [1.165, 1.54) is 0 Å². The summed E-state index contributed by atoms with van der Waals surface area (Å²) in [6.45, 7) is 2.79. The van der Waals surface area contributed by atoms with E-state index in [0.29, 0.717) is 22.1 Å². The summed E-state index contributed by atoms with van der Waals surface area (Å²) < 4.78 is 14.2. The van der Waals surface area contributed by atoms with Crippen LogP contribution in [0, 0.1) is 12.8 Å². The van der Waals surface area contributed by atoms with Crippen molar-refractivity contribution in [2.75, 3.05) is 23.4 Å². The first-order valence-electron chi connectivity index (χ1n) is 11.0. The summed E-state index contributed by atoms with van der Waals surface area (Å²) in [4.78, 5) is 17.1. The van der Waals surface area contributed by atoms with Gasteiger partial charge in [0, 0.05) is 23.7 Å². The van der Waals surface area contributed by atoms with Crippen LogP contribution in [0.5, 0.6) is 0 Å². The molecule has 0 atom stereocenters. The molecule has 1 saturated heterocycles. The number of aryl methyl sites for hydroxylation is 1. The molecular formula is C23H26BrN5O2S. The average molecular weight is 516 g/mol. The van der Waals surface area contributed by atoms with E-state index in [-0.39, 0.29) is 5.91 Å². The van der Waals surface area contributed by atoms with Gasteiger partial charge in [-0.2, -0.15) is 5.10 Å². The van der Waals surface area contributed by atoms with Gasteiger partial charge >= 0.3 is 0 Å². The molecule has 3 aromatic rings. The largest absolute Gasteiger partial charge is 0.616 e. The molecule has 2 fully saturated rings. The van der Waals surface area contributed by atoms with Gasteiger partial charge in [0.1, 0.15) is 16.1 Å². The lowest BCUT2D eigenvalue weighted by atomic mass is 10.0. The highest BCUT2D eigenvalue weighted by Crippen LogP contribution is 2.29. The molecule has 168 valence electrons. The van der Waals surface area contributed by atoms with Crippen molar-refractivity contribution in [1.82, 2.24) is 19.9 Å². The number of amides is 1. The second kappa shape index (κ2) is 9.03. The second-order valence-electron chi connectivity index (χ2n) is 8.71. The zero-order valence-electron chi connectivity index (χ0n) is 17.9. The predicted molar refractivity (Wildman–Crippen MR) is 130 cm³/mol. The first kappa shape index (κ1) is 21.7. The SMILES string of the molecule is Cc1cc(-c2cnc3c(NCC4CC[S+]([O-])CC4)cc(Br)nn23)ccc1C(=O)NC1CC1. The number of hydrogen-bond acceptors (Lipinski definition) is 5. The summed E-state index contributed by atoms with van der Waals surface area (Å²) in [5.74, 6) is 2.10. The van der Waals surface area contributed by atoms with E-state index in [4.69, 9.17) is 0 Å². The van der Waals surface area contributed by atoms with Crippen LogP contribution in [0.3, 0.4) is 0 Å². The zero-order valence-corrected chi connectivity index (χ0v) is 20.3. The molecule has 0 unspecified atom stereocenters. The number of carbonyl (C=O) groups excluding carboxylic acids is 1. The summed E-state index contributed by atoms with van der Waals surface area (Å²) in [7, 11) is 0. The van der Waals surface area contributed by atoms with Gasteiger partial charge in [0.15, 0.2) is 5.65 Å². The van der Waals surface area contributed by atoms with E-state index in [9.17, 15) is 9.35 Å². The van der Waals surface area contributed by atoms with Crippen LogP contribution in [-0.4, -0.2) is 49.2 Å². The molecule has 0 bridgehead atoms. The van der Waals surface area contributed by atoms with Crippen molar-refractivity contribution in [2.24, 2.45) is 5.92 Å². The number of rotatable bonds is 6. The van der Waals surface area contributed by atoms with Crippen LogP contribution in [0.4, 0.5) is 5.69 Å². The smallest absolute Gasteiger partial charge is 0.251 e. The Balaban J connectivity index is 1.39. The number of carbonyl (C=O) groups is 1. The molecule has 9 heteroatoms. The average Bonchev–Trinajstić information content (AvgIpc) is 3.48. The number of anilines is 1. The van der Waals surface area contributed by atoms with Gasteiger partial charge < -0.3 is 15.2 Å². The summed E-state index contributed by atoms with van der Waals surface area (Å²) in [6, 6.07) is 8.14. The Morgan fingerprint density at radius 2 is 2.03 bits per heavy atom. The first-order chi connectivity index (χ1) is 15.5. The molecule has 1 saturated carbocycles. The third kappa shape index (κ3) is 4.65. The molecule has 3 heterocycles. The van der Waals surface area contributed by atoms with Crippen LogP contribution in [0.2, 0.25) is 0 Å². The predicted octanol–water partition coefficient (Wildman–Crippen LogP) is 3.93. The van der Waals surface area contributed by atoms with Crippen molar-refractivity contribution in [3.05, 3.63) is 46.2 Å². The number of hydrogen-bond donors (Lipinski definition) is 2. The number of benzene rings is 1. The van der Waals surface area contributed by atoms with E-state index in [1.54, 1.807) is 0 Å². The minimum atomic E-state index is -0.646. The Labute approximate surface area is 198 Å². The number of fused-ring (bicyclic) bond motifs is 1. The van der Waals surface area contributed by atoms with Gasteiger partial charge in [0.05, 0.1) is 17.6 Å². The Morgan fingerprint density at radius 1 is 1.25 bits per heavy atom. The fourth-order valence-corrected chi connectivity index (χ4v) is 5.92. The summed E-state index contributed by atoms with van der Waals surface area (Å²) >= 11 is 2.88. The van der Waals surface area contributed by atoms with Crippen LogP contribution in [0.25, 0.3) is 16.9 Å². The van der Waals surface area contributed by atoms with Crippen LogP contribution in [-0.2, 0) is 11.2 Å². The highest BCUT2D eigenvalue weighted by atomic mass is 79.9. The van der Waals surface area contributed by atoms with Crippen LogP contribution >= 0.6 is 15.9 Å². The molecule has 2 aromatic heterocycles. The van der Waals surface area contributed by atoms with Gasteiger partial charge in [-0.25, -0.2) is 9.50 Å². The Hall–Kier alpha value is -2.10. The molecule has 1 aromatic carbocycles. The van der Waals surface area contributed by atoms with Gasteiger partial charge in [-0.15, -0.1) is 0 Å². The molecule has 32 heavy (non-hydrogen) atoms.